The van der Waals surface area contributed by atoms with Gasteiger partial charge < -0.3 is 10.2 Å². The number of ketones is 1. The van der Waals surface area contributed by atoms with Gasteiger partial charge in [0.1, 0.15) is 11.6 Å². The van der Waals surface area contributed by atoms with Crippen molar-refractivity contribution in [2.75, 3.05) is 18.5 Å². The summed E-state index contributed by atoms with van der Waals surface area (Å²) in [5.74, 6) is -4.01. The lowest BCUT2D eigenvalue weighted by atomic mass is 10.1. The first-order valence-electron chi connectivity index (χ1n) is 6.01. The molecule has 5 nitrogen and oxygen atoms in total. The Morgan fingerprint density at radius 3 is 2.65 bits per heavy atom. The third-order valence-electron chi connectivity index (χ3n) is 3.06. The molecule has 1 aliphatic rings. The topological polar surface area (TPSA) is 66.5 Å². The number of halogens is 2. The van der Waals surface area contributed by atoms with Gasteiger partial charge in [0.25, 0.3) is 11.7 Å². The average molecular weight is 282 g/mol. The molecule has 1 aromatic carbocycles. The smallest absolute Gasteiger partial charge is 0.299 e. The molecule has 1 heterocycles. The lowest BCUT2D eigenvalue weighted by Gasteiger charge is -2.16. The summed E-state index contributed by atoms with van der Waals surface area (Å²) in [6.07, 6.45) is 0.442. The molecule has 1 aliphatic heterocycles. The Morgan fingerprint density at radius 2 is 2.00 bits per heavy atom. The van der Waals surface area contributed by atoms with E-state index in [2.05, 4.69) is 5.32 Å². The van der Waals surface area contributed by atoms with E-state index in [0.717, 1.165) is 11.0 Å². The van der Waals surface area contributed by atoms with Crippen molar-refractivity contribution in [3.8, 4) is 0 Å². The van der Waals surface area contributed by atoms with Crippen molar-refractivity contribution in [2.24, 2.45) is 0 Å². The summed E-state index contributed by atoms with van der Waals surface area (Å²) < 4.78 is 26.8. The summed E-state index contributed by atoms with van der Waals surface area (Å²) in [6, 6.07) is 1.51. The van der Waals surface area contributed by atoms with E-state index in [-0.39, 0.29) is 31.0 Å². The van der Waals surface area contributed by atoms with E-state index in [0.29, 0.717) is 6.07 Å². The lowest BCUT2D eigenvalue weighted by Crippen LogP contribution is -2.31. The second-order valence-corrected chi connectivity index (χ2v) is 4.34. The molecule has 0 saturated carbocycles. The fourth-order valence-electron chi connectivity index (χ4n) is 2.08. The number of fused-ring (bicyclic) bond motifs is 1. The number of carbonyl (C=O) groups excluding carboxylic acids is 3. The molecule has 106 valence electrons. The Balaban J connectivity index is 2.22. The van der Waals surface area contributed by atoms with Crippen LogP contribution in [-0.2, 0) is 9.59 Å². The highest BCUT2D eigenvalue weighted by Gasteiger charge is 2.38. The lowest BCUT2D eigenvalue weighted by molar-refractivity contribution is -0.121. The Morgan fingerprint density at radius 1 is 1.30 bits per heavy atom. The maximum atomic E-state index is 13.5. The van der Waals surface area contributed by atoms with Gasteiger partial charge in [0, 0.05) is 26.1 Å². The molecule has 0 unspecified atom stereocenters. The number of benzene rings is 1. The van der Waals surface area contributed by atoms with Crippen molar-refractivity contribution in [1.82, 2.24) is 5.32 Å². The molecule has 1 N–H and O–H groups in total. The number of hydrogen-bond donors (Lipinski definition) is 1. The second-order valence-electron chi connectivity index (χ2n) is 4.34. The highest BCUT2D eigenvalue weighted by Crippen LogP contribution is 2.32. The van der Waals surface area contributed by atoms with Gasteiger partial charge in [-0.05, 0) is 12.5 Å². The molecule has 0 saturated heterocycles. The van der Waals surface area contributed by atoms with Crippen LogP contribution in [0.1, 0.15) is 23.2 Å². The van der Waals surface area contributed by atoms with Gasteiger partial charge in [-0.2, -0.15) is 0 Å². The number of rotatable bonds is 4. The van der Waals surface area contributed by atoms with Crippen LogP contribution in [0.15, 0.2) is 12.1 Å². The Labute approximate surface area is 113 Å². The maximum absolute atomic E-state index is 13.5. The quantitative estimate of drug-likeness (QED) is 0.838. The minimum Gasteiger partial charge on any atom is -0.359 e. The molecule has 0 aliphatic carbocycles. The van der Waals surface area contributed by atoms with Gasteiger partial charge in [0.05, 0.1) is 11.3 Å². The van der Waals surface area contributed by atoms with Crippen molar-refractivity contribution in [3.05, 3.63) is 29.3 Å². The summed E-state index contributed by atoms with van der Waals surface area (Å²) in [4.78, 5) is 35.5. The molecule has 2 amide bonds. The largest absolute Gasteiger partial charge is 0.359 e. The molecular weight excluding hydrogens is 270 g/mol. The highest BCUT2D eigenvalue weighted by atomic mass is 19.1. The summed E-state index contributed by atoms with van der Waals surface area (Å²) in [7, 11) is 1.48. The number of Topliss-reactive ketones (excluding diaryl/α,β-unsaturated/α-hetero) is 1. The van der Waals surface area contributed by atoms with Crippen LogP contribution in [0.3, 0.4) is 0 Å². The van der Waals surface area contributed by atoms with Crippen LogP contribution >= 0.6 is 0 Å². The predicted octanol–water partition coefficient (Wildman–Crippen LogP) is 1.02. The first-order chi connectivity index (χ1) is 9.45. The summed E-state index contributed by atoms with van der Waals surface area (Å²) in [5.41, 5.74) is -0.481. The zero-order valence-corrected chi connectivity index (χ0v) is 10.7. The van der Waals surface area contributed by atoms with E-state index >= 15 is 0 Å². The van der Waals surface area contributed by atoms with Gasteiger partial charge in [-0.25, -0.2) is 8.78 Å². The monoisotopic (exact) mass is 282 g/mol. The van der Waals surface area contributed by atoms with Crippen LogP contribution in [0.2, 0.25) is 0 Å². The van der Waals surface area contributed by atoms with E-state index in [4.69, 9.17) is 0 Å². The van der Waals surface area contributed by atoms with Gasteiger partial charge in [-0.15, -0.1) is 0 Å². The van der Waals surface area contributed by atoms with E-state index in [1.165, 1.54) is 7.05 Å². The van der Waals surface area contributed by atoms with Crippen LogP contribution in [-0.4, -0.2) is 31.2 Å². The number of nitrogens with one attached hydrogen (secondary N) is 1. The molecule has 2 rings (SSSR count). The number of anilines is 1. The average Bonchev–Trinajstić information content (AvgIpc) is 2.63. The molecule has 0 radical (unpaired) electrons. The Bertz CT molecular complexity index is 602. The Kier molecular flexibility index (Phi) is 3.78. The minimum absolute atomic E-state index is 0.0495. The first-order valence-corrected chi connectivity index (χ1v) is 6.01. The van der Waals surface area contributed by atoms with E-state index in [1.807, 2.05) is 0 Å². The van der Waals surface area contributed by atoms with Crippen LogP contribution in [0.5, 0.6) is 0 Å². The minimum atomic E-state index is -1.05. The molecule has 0 atom stereocenters. The van der Waals surface area contributed by atoms with Crippen LogP contribution in [0.4, 0.5) is 14.5 Å². The van der Waals surface area contributed by atoms with E-state index in [1.54, 1.807) is 0 Å². The number of nitrogens with zero attached hydrogens (tertiary/aromatic N) is 1. The standard InChI is InChI=1S/C13H12F2N2O3/c1-16-10(18)3-2-4-17-9-6-7(14)5-8(15)11(9)12(19)13(17)20/h5-6H,2-4H2,1H3,(H,16,18). The number of amides is 2. The Hall–Kier alpha value is -2.31. The van der Waals surface area contributed by atoms with E-state index in [9.17, 15) is 23.2 Å². The van der Waals surface area contributed by atoms with Gasteiger partial charge in [0.15, 0.2) is 0 Å². The van der Waals surface area contributed by atoms with Gasteiger partial charge in [0.2, 0.25) is 5.91 Å². The predicted molar refractivity (Wildman–Crippen MR) is 66.3 cm³/mol. The van der Waals surface area contributed by atoms with Crippen molar-refractivity contribution in [1.29, 1.82) is 0 Å². The number of hydrogen-bond acceptors (Lipinski definition) is 3. The number of carbonyl (C=O) groups is 3. The fourth-order valence-corrected chi connectivity index (χ4v) is 2.08. The zero-order valence-electron chi connectivity index (χ0n) is 10.7. The third kappa shape index (κ3) is 2.38. The fraction of sp³-hybridized carbons (Fsp3) is 0.308. The summed E-state index contributed by atoms with van der Waals surface area (Å²) in [6.45, 7) is 0.0495. The molecular formula is C13H12F2N2O3. The zero-order chi connectivity index (χ0) is 14.9. The second kappa shape index (κ2) is 5.36. The van der Waals surface area contributed by atoms with Crippen molar-refractivity contribution in [2.45, 2.75) is 12.8 Å². The van der Waals surface area contributed by atoms with Gasteiger partial charge >= 0.3 is 0 Å². The van der Waals surface area contributed by atoms with Crippen molar-refractivity contribution in [3.63, 3.8) is 0 Å². The van der Waals surface area contributed by atoms with Crippen molar-refractivity contribution >= 4 is 23.3 Å². The molecule has 7 heteroatoms. The van der Waals surface area contributed by atoms with Crippen LogP contribution in [0.25, 0.3) is 0 Å². The van der Waals surface area contributed by atoms with Gasteiger partial charge in [-0.1, -0.05) is 0 Å². The van der Waals surface area contributed by atoms with Crippen LogP contribution in [0, 0.1) is 11.6 Å². The molecule has 0 aromatic heterocycles. The van der Waals surface area contributed by atoms with Crippen molar-refractivity contribution < 1.29 is 23.2 Å². The highest BCUT2D eigenvalue weighted by molar-refractivity contribution is 6.52. The molecule has 0 spiro atoms. The third-order valence-corrected chi connectivity index (χ3v) is 3.06. The summed E-state index contributed by atoms with van der Waals surface area (Å²) in [5, 5.41) is 2.42. The summed E-state index contributed by atoms with van der Waals surface area (Å²) >= 11 is 0. The van der Waals surface area contributed by atoms with Crippen LogP contribution < -0.4 is 10.2 Å². The molecule has 1 aromatic rings. The SMILES string of the molecule is CNC(=O)CCCN1C(=O)C(=O)c2c(F)cc(F)cc21. The molecule has 0 fully saturated rings. The molecule has 20 heavy (non-hydrogen) atoms. The van der Waals surface area contributed by atoms with E-state index < -0.39 is 28.9 Å². The first kappa shape index (κ1) is 14.1. The normalized spacial score (nSPS) is 13.7. The van der Waals surface area contributed by atoms with Gasteiger partial charge in [-0.3, -0.25) is 14.4 Å². The maximum Gasteiger partial charge on any atom is 0.299 e. The molecule has 0 bridgehead atoms.